The van der Waals surface area contributed by atoms with Crippen LogP contribution in [0.1, 0.15) is 12.7 Å². The summed E-state index contributed by atoms with van der Waals surface area (Å²) in [6.45, 7) is 1.33. The zero-order chi connectivity index (χ0) is 21.1. The van der Waals surface area contributed by atoms with Crippen LogP contribution in [0.4, 0.5) is 10.5 Å². The maximum Gasteiger partial charge on any atom is 0.326 e. The van der Waals surface area contributed by atoms with Gasteiger partial charge >= 0.3 is 5.97 Å². The lowest BCUT2D eigenvalue weighted by Gasteiger charge is -2.10. The molecule has 9 nitrogen and oxygen atoms in total. The molecule has 0 spiro atoms. The van der Waals surface area contributed by atoms with Gasteiger partial charge in [-0.2, -0.15) is 0 Å². The third-order valence-corrected chi connectivity index (χ3v) is 5.36. The highest BCUT2D eigenvalue weighted by Gasteiger charge is 2.36. The molecule has 1 saturated heterocycles. The Bertz CT molecular complexity index is 1050. The van der Waals surface area contributed by atoms with Crippen molar-refractivity contribution < 1.29 is 28.5 Å². The minimum atomic E-state index is -0.667. The van der Waals surface area contributed by atoms with Crippen molar-refractivity contribution in [3.05, 3.63) is 55.6 Å². The third kappa shape index (κ3) is 4.57. The van der Waals surface area contributed by atoms with Crippen molar-refractivity contribution in [2.24, 2.45) is 0 Å². The van der Waals surface area contributed by atoms with Crippen LogP contribution in [0.15, 0.2) is 44.1 Å². The van der Waals surface area contributed by atoms with Crippen LogP contribution in [-0.4, -0.2) is 40.1 Å². The Morgan fingerprint density at radius 1 is 1.34 bits per heavy atom. The molecule has 0 radical (unpaired) electrons. The van der Waals surface area contributed by atoms with Gasteiger partial charge in [0.25, 0.3) is 16.8 Å². The number of rotatable bonds is 6. The number of benzene rings is 1. The molecule has 150 valence electrons. The number of thioether (sulfide) groups is 1. The summed E-state index contributed by atoms with van der Waals surface area (Å²) in [6, 6.07) is 7.49. The average molecular weight is 481 g/mol. The first-order valence-electron chi connectivity index (χ1n) is 8.25. The molecule has 1 aromatic carbocycles. The van der Waals surface area contributed by atoms with Gasteiger partial charge in [-0.3, -0.25) is 29.4 Å². The van der Waals surface area contributed by atoms with Crippen LogP contribution < -0.4 is 0 Å². The van der Waals surface area contributed by atoms with Crippen molar-refractivity contribution in [1.82, 2.24) is 4.90 Å². The lowest BCUT2D eigenvalue weighted by atomic mass is 10.1. The summed E-state index contributed by atoms with van der Waals surface area (Å²) in [4.78, 5) is 47.2. The predicted molar refractivity (Wildman–Crippen MR) is 108 cm³/mol. The number of hydrogen-bond donors (Lipinski definition) is 0. The van der Waals surface area contributed by atoms with E-state index in [0.29, 0.717) is 33.3 Å². The quantitative estimate of drug-likeness (QED) is 0.260. The standard InChI is InChI=1S/C18H13BrN2O7S/c1-2-27-16(22)9-20-17(23)15(29-18(20)24)8-11-4-6-14(28-11)12-5-3-10(21(25)26)7-13(12)19/h3-8H,2,9H2,1H3/b15-8+. The van der Waals surface area contributed by atoms with Crippen molar-refractivity contribution in [2.75, 3.05) is 13.2 Å². The Hall–Kier alpha value is -2.92. The van der Waals surface area contributed by atoms with E-state index in [2.05, 4.69) is 15.9 Å². The molecule has 1 aromatic heterocycles. The van der Waals surface area contributed by atoms with Gasteiger partial charge in [0.15, 0.2) is 0 Å². The molecule has 0 saturated carbocycles. The number of imide groups is 1. The number of halogens is 1. The molecule has 0 atom stereocenters. The predicted octanol–water partition coefficient (Wildman–Crippen LogP) is 4.22. The summed E-state index contributed by atoms with van der Waals surface area (Å²) >= 11 is 3.97. The smallest absolute Gasteiger partial charge is 0.326 e. The summed E-state index contributed by atoms with van der Waals surface area (Å²) in [7, 11) is 0. The highest BCUT2D eigenvalue weighted by Crippen LogP contribution is 2.35. The second-order valence-electron chi connectivity index (χ2n) is 5.70. The molecule has 0 unspecified atom stereocenters. The number of hydrogen-bond acceptors (Lipinski definition) is 8. The van der Waals surface area contributed by atoms with E-state index in [0.717, 1.165) is 4.90 Å². The Kier molecular flexibility index (Phi) is 6.18. The molecule has 0 bridgehead atoms. The topological polar surface area (TPSA) is 120 Å². The fraction of sp³-hybridized carbons (Fsp3) is 0.167. The third-order valence-electron chi connectivity index (χ3n) is 3.80. The Morgan fingerprint density at radius 2 is 2.10 bits per heavy atom. The Balaban J connectivity index is 1.80. The summed E-state index contributed by atoms with van der Waals surface area (Å²) in [5, 5.41) is 10.3. The highest BCUT2D eigenvalue weighted by atomic mass is 79.9. The number of nitrogens with zero attached hydrogens (tertiary/aromatic N) is 2. The van der Waals surface area contributed by atoms with Crippen molar-refractivity contribution >= 4 is 56.6 Å². The molecule has 0 N–H and O–H groups in total. The van der Waals surface area contributed by atoms with Gasteiger partial charge in [-0.1, -0.05) is 0 Å². The minimum absolute atomic E-state index is 0.0670. The van der Waals surface area contributed by atoms with E-state index in [1.165, 1.54) is 24.3 Å². The van der Waals surface area contributed by atoms with Gasteiger partial charge < -0.3 is 9.15 Å². The Labute approximate surface area is 177 Å². The van der Waals surface area contributed by atoms with Gasteiger partial charge in [0.1, 0.15) is 18.1 Å². The van der Waals surface area contributed by atoms with Gasteiger partial charge in [0, 0.05) is 28.2 Å². The van der Waals surface area contributed by atoms with Gasteiger partial charge in [-0.05, 0) is 52.8 Å². The maximum atomic E-state index is 12.4. The average Bonchev–Trinajstić information content (AvgIpc) is 3.22. The number of nitro benzene ring substituents is 1. The number of esters is 1. The summed E-state index contributed by atoms with van der Waals surface area (Å²) in [6.07, 6.45) is 1.40. The van der Waals surface area contributed by atoms with Crippen molar-refractivity contribution in [1.29, 1.82) is 0 Å². The fourth-order valence-electron chi connectivity index (χ4n) is 2.49. The van der Waals surface area contributed by atoms with E-state index in [4.69, 9.17) is 9.15 Å². The molecular formula is C18H13BrN2O7S. The zero-order valence-electron chi connectivity index (χ0n) is 14.9. The minimum Gasteiger partial charge on any atom is -0.465 e. The maximum absolute atomic E-state index is 12.4. The molecule has 1 aliphatic rings. The van der Waals surface area contributed by atoms with Gasteiger partial charge in [0.05, 0.1) is 16.4 Å². The van der Waals surface area contributed by atoms with Crippen LogP contribution in [-0.2, 0) is 14.3 Å². The van der Waals surface area contributed by atoms with Gasteiger partial charge in [0.2, 0.25) is 0 Å². The van der Waals surface area contributed by atoms with Crippen molar-refractivity contribution in [3.8, 4) is 11.3 Å². The molecular weight excluding hydrogens is 468 g/mol. The number of ether oxygens (including phenoxy) is 1. The lowest BCUT2D eigenvalue weighted by Crippen LogP contribution is -2.34. The summed E-state index contributed by atoms with van der Waals surface area (Å²) in [5.74, 6) is -0.544. The van der Waals surface area contributed by atoms with Crippen LogP contribution in [0, 0.1) is 10.1 Å². The van der Waals surface area contributed by atoms with Gasteiger partial charge in [-0.25, -0.2) is 0 Å². The number of nitro groups is 1. The van der Waals surface area contributed by atoms with E-state index in [1.807, 2.05) is 0 Å². The largest absolute Gasteiger partial charge is 0.465 e. The van der Waals surface area contributed by atoms with Gasteiger partial charge in [-0.15, -0.1) is 0 Å². The normalized spacial score (nSPS) is 15.2. The van der Waals surface area contributed by atoms with Crippen LogP contribution in [0.5, 0.6) is 0 Å². The molecule has 2 aromatic rings. The molecule has 1 aliphatic heterocycles. The molecule has 2 amide bonds. The molecule has 0 aliphatic carbocycles. The summed E-state index contributed by atoms with van der Waals surface area (Å²) in [5.41, 5.74) is 0.522. The fourth-order valence-corrected chi connectivity index (χ4v) is 3.87. The zero-order valence-corrected chi connectivity index (χ0v) is 17.3. The SMILES string of the molecule is CCOC(=O)CN1C(=O)S/C(=C/c2ccc(-c3ccc([N+](=O)[O-])cc3Br)o2)C1=O. The lowest BCUT2D eigenvalue weighted by molar-refractivity contribution is -0.384. The van der Waals surface area contributed by atoms with Crippen molar-refractivity contribution in [3.63, 3.8) is 0 Å². The first-order chi connectivity index (χ1) is 13.8. The molecule has 11 heteroatoms. The number of furan rings is 1. The van der Waals surface area contributed by atoms with E-state index in [9.17, 15) is 24.5 Å². The molecule has 29 heavy (non-hydrogen) atoms. The van der Waals surface area contributed by atoms with Crippen molar-refractivity contribution in [2.45, 2.75) is 6.92 Å². The van der Waals surface area contributed by atoms with E-state index in [-0.39, 0.29) is 17.2 Å². The second kappa shape index (κ2) is 8.62. The first-order valence-corrected chi connectivity index (χ1v) is 9.86. The van der Waals surface area contributed by atoms with Crippen LogP contribution in [0.2, 0.25) is 0 Å². The van der Waals surface area contributed by atoms with E-state index >= 15 is 0 Å². The second-order valence-corrected chi connectivity index (χ2v) is 7.54. The Morgan fingerprint density at radius 3 is 2.76 bits per heavy atom. The number of carbonyl (C=O) groups excluding carboxylic acids is 3. The number of non-ortho nitro benzene ring substituents is 1. The number of carbonyl (C=O) groups is 3. The monoisotopic (exact) mass is 480 g/mol. The first kappa shape index (κ1) is 20.8. The van der Waals surface area contributed by atoms with Crippen LogP contribution in [0.25, 0.3) is 17.4 Å². The molecule has 3 rings (SSSR count). The number of amides is 2. The van der Waals surface area contributed by atoms with E-state index in [1.54, 1.807) is 19.1 Å². The highest BCUT2D eigenvalue weighted by molar-refractivity contribution is 9.10. The summed E-state index contributed by atoms with van der Waals surface area (Å²) < 4.78 is 10.9. The molecule has 1 fully saturated rings. The van der Waals surface area contributed by atoms with E-state index < -0.39 is 28.6 Å². The van der Waals surface area contributed by atoms with Crippen LogP contribution in [0.3, 0.4) is 0 Å². The molecule has 2 heterocycles. The van der Waals surface area contributed by atoms with Crippen LogP contribution >= 0.6 is 27.7 Å².